The molecular formula is C25H27F2NO. The van der Waals surface area contributed by atoms with Crippen LogP contribution in [0.4, 0.5) is 8.78 Å². The SMILES string of the molecule is C=CCCOc1ccc(CCC2CCC(c3cc(F)c(C#N)c(F)c3)CC2)cc1. The van der Waals surface area contributed by atoms with Crippen molar-refractivity contribution in [2.45, 2.75) is 50.9 Å². The van der Waals surface area contributed by atoms with E-state index in [2.05, 4.69) is 18.7 Å². The van der Waals surface area contributed by atoms with Crippen molar-refractivity contribution in [3.8, 4) is 11.8 Å². The molecule has 1 fully saturated rings. The molecule has 0 unspecified atom stereocenters. The third kappa shape index (κ3) is 5.67. The van der Waals surface area contributed by atoms with Gasteiger partial charge < -0.3 is 4.74 Å². The molecule has 3 rings (SSSR count). The van der Waals surface area contributed by atoms with Crippen LogP contribution in [0, 0.1) is 28.9 Å². The molecule has 1 aliphatic rings. The van der Waals surface area contributed by atoms with E-state index < -0.39 is 17.2 Å². The molecule has 0 radical (unpaired) electrons. The predicted molar refractivity (Wildman–Crippen MR) is 111 cm³/mol. The molecule has 0 aliphatic heterocycles. The van der Waals surface area contributed by atoms with Gasteiger partial charge in [0.25, 0.3) is 0 Å². The Balaban J connectivity index is 1.47. The lowest BCUT2D eigenvalue weighted by Crippen LogP contribution is -2.14. The maximum absolute atomic E-state index is 13.9. The Labute approximate surface area is 171 Å². The summed E-state index contributed by atoms with van der Waals surface area (Å²) >= 11 is 0. The number of hydrogen-bond donors (Lipinski definition) is 0. The lowest BCUT2D eigenvalue weighted by Gasteiger charge is -2.29. The highest BCUT2D eigenvalue weighted by Crippen LogP contribution is 2.38. The van der Waals surface area contributed by atoms with E-state index >= 15 is 0 Å². The van der Waals surface area contributed by atoms with E-state index in [0.29, 0.717) is 18.1 Å². The van der Waals surface area contributed by atoms with Gasteiger partial charge in [-0.15, -0.1) is 6.58 Å². The summed E-state index contributed by atoms with van der Waals surface area (Å²) in [5.41, 5.74) is 1.50. The minimum atomic E-state index is -0.749. The number of ether oxygens (including phenoxy) is 1. The summed E-state index contributed by atoms with van der Waals surface area (Å²) in [5, 5.41) is 8.81. The van der Waals surface area contributed by atoms with Gasteiger partial charge in [0, 0.05) is 0 Å². The standard InChI is InChI=1S/C25H27F2NO/c1-2-3-14-29-22-12-8-19(9-13-22)5-4-18-6-10-20(11-7-18)21-15-24(26)23(17-28)25(27)16-21/h2,8-9,12-13,15-16,18,20H,1,3-7,10-11,14H2. The Bertz CT molecular complexity index is 838. The molecule has 0 N–H and O–H groups in total. The van der Waals surface area contributed by atoms with Crippen LogP contribution in [0.3, 0.4) is 0 Å². The summed E-state index contributed by atoms with van der Waals surface area (Å²) in [6, 6.07) is 12.5. The molecule has 4 heteroatoms. The average Bonchev–Trinajstić information content (AvgIpc) is 2.73. The van der Waals surface area contributed by atoms with Gasteiger partial charge >= 0.3 is 0 Å². The molecule has 0 amide bonds. The van der Waals surface area contributed by atoms with Crippen molar-refractivity contribution in [2.75, 3.05) is 6.61 Å². The van der Waals surface area contributed by atoms with E-state index in [1.54, 1.807) is 6.07 Å². The van der Waals surface area contributed by atoms with Crippen LogP contribution in [-0.4, -0.2) is 6.61 Å². The first-order valence-electron chi connectivity index (χ1n) is 10.3. The van der Waals surface area contributed by atoms with Gasteiger partial charge in [-0.05, 0) is 92.2 Å². The zero-order valence-electron chi connectivity index (χ0n) is 16.7. The van der Waals surface area contributed by atoms with Gasteiger partial charge in [-0.2, -0.15) is 5.26 Å². The molecule has 2 nitrogen and oxygen atoms in total. The summed E-state index contributed by atoms with van der Waals surface area (Å²) < 4.78 is 33.4. The fourth-order valence-corrected chi connectivity index (χ4v) is 4.10. The highest BCUT2D eigenvalue weighted by molar-refractivity contribution is 5.36. The largest absolute Gasteiger partial charge is 0.493 e. The minimum absolute atomic E-state index is 0.176. The van der Waals surface area contributed by atoms with Gasteiger partial charge in [-0.3, -0.25) is 0 Å². The number of benzene rings is 2. The smallest absolute Gasteiger partial charge is 0.144 e. The summed E-state index contributed by atoms with van der Waals surface area (Å²) in [7, 11) is 0. The van der Waals surface area contributed by atoms with Crippen molar-refractivity contribution in [1.29, 1.82) is 5.26 Å². The van der Waals surface area contributed by atoms with Crippen LogP contribution in [0.15, 0.2) is 49.1 Å². The van der Waals surface area contributed by atoms with Crippen LogP contribution in [0.5, 0.6) is 5.75 Å². The molecular weight excluding hydrogens is 368 g/mol. The monoisotopic (exact) mass is 395 g/mol. The molecule has 2 aromatic carbocycles. The molecule has 1 aliphatic carbocycles. The van der Waals surface area contributed by atoms with Crippen LogP contribution in [-0.2, 0) is 6.42 Å². The van der Waals surface area contributed by atoms with Crippen molar-refractivity contribution in [3.05, 3.63) is 77.4 Å². The summed E-state index contributed by atoms with van der Waals surface area (Å²) in [5.74, 6) is 0.207. The summed E-state index contributed by atoms with van der Waals surface area (Å²) in [6.45, 7) is 4.34. The van der Waals surface area contributed by atoms with E-state index in [4.69, 9.17) is 10.00 Å². The van der Waals surface area contributed by atoms with E-state index in [-0.39, 0.29) is 5.92 Å². The van der Waals surface area contributed by atoms with Gasteiger partial charge in [0.1, 0.15) is 29.0 Å². The lowest BCUT2D eigenvalue weighted by molar-refractivity contribution is 0.309. The van der Waals surface area contributed by atoms with E-state index in [1.807, 2.05) is 18.2 Å². The van der Waals surface area contributed by atoms with Crippen molar-refractivity contribution in [1.82, 2.24) is 0 Å². The number of aryl methyl sites for hydroxylation is 1. The highest BCUT2D eigenvalue weighted by atomic mass is 19.1. The predicted octanol–water partition coefficient (Wildman–Crippen LogP) is 6.70. The van der Waals surface area contributed by atoms with Crippen molar-refractivity contribution in [2.24, 2.45) is 5.92 Å². The molecule has 152 valence electrons. The lowest BCUT2D eigenvalue weighted by atomic mass is 9.76. The number of hydrogen-bond acceptors (Lipinski definition) is 2. The van der Waals surface area contributed by atoms with E-state index in [0.717, 1.165) is 50.7 Å². The molecule has 0 saturated heterocycles. The number of rotatable bonds is 8. The first kappa shape index (κ1) is 21.0. The highest BCUT2D eigenvalue weighted by Gasteiger charge is 2.24. The van der Waals surface area contributed by atoms with Crippen LogP contribution in [0.2, 0.25) is 0 Å². The van der Waals surface area contributed by atoms with Gasteiger partial charge in [-0.1, -0.05) is 18.2 Å². The average molecular weight is 395 g/mol. The molecule has 0 bridgehead atoms. The molecule has 1 saturated carbocycles. The van der Waals surface area contributed by atoms with Crippen LogP contribution >= 0.6 is 0 Å². The maximum atomic E-state index is 13.9. The second-order valence-electron chi connectivity index (χ2n) is 7.80. The summed E-state index contributed by atoms with van der Waals surface area (Å²) in [4.78, 5) is 0. The molecule has 2 aromatic rings. The third-order valence-electron chi connectivity index (χ3n) is 5.85. The Kier molecular flexibility index (Phi) is 7.41. The Hall–Kier alpha value is -2.67. The maximum Gasteiger partial charge on any atom is 0.144 e. The van der Waals surface area contributed by atoms with Gasteiger partial charge in [0.15, 0.2) is 0 Å². The second-order valence-corrected chi connectivity index (χ2v) is 7.80. The molecule has 0 atom stereocenters. The van der Waals surface area contributed by atoms with Crippen LogP contribution in [0.1, 0.15) is 61.1 Å². The molecule has 29 heavy (non-hydrogen) atoms. The third-order valence-corrected chi connectivity index (χ3v) is 5.85. The fourth-order valence-electron chi connectivity index (χ4n) is 4.10. The molecule has 0 spiro atoms. The van der Waals surface area contributed by atoms with Crippen molar-refractivity contribution < 1.29 is 13.5 Å². The molecule has 0 aromatic heterocycles. The van der Waals surface area contributed by atoms with Crippen molar-refractivity contribution in [3.63, 3.8) is 0 Å². The number of nitrogens with zero attached hydrogens (tertiary/aromatic N) is 1. The topological polar surface area (TPSA) is 33.0 Å². The van der Waals surface area contributed by atoms with E-state index in [9.17, 15) is 8.78 Å². The Morgan fingerprint density at radius 3 is 2.31 bits per heavy atom. The Morgan fingerprint density at radius 2 is 1.72 bits per heavy atom. The zero-order valence-corrected chi connectivity index (χ0v) is 16.7. The zero-order chi connectivity index (χ0) is 20.6. The first-order valence-corrected chi connectivity index (χ1v) is 10.3. The number of nitriles is 1. The van der Waals surface area contributed by atoms with Crippen LogP contribution in [0.25, 0.3) is 0 Å². The first-order chi connectivity index (χ1) is 14.1. The van der Waals surface area contributed by atoms with Gasteiger partial charge in [0.05, 0.1) is 6.61 Å². The minimum Gasteiger partial charge on any atom is -0.493 e. The van der Waals surface area contributed by atoms with Crippen molar-refractivity contribution >= 4 is 0 Å². The Morgan fingerprint density at radius 1 is 1.07 bits per heavy atom. The summed E-state index contributed by atoms with van der Waals surface area (Å²) in [6.07, 6.45) is 8.84. The van der Waals surface area contributed by atoms with E-state index in [1.165, 1.54) is 17.7 Å². The quantitative estimate of drug-likeness (QED) is 0.368. The second kappa shape index (κ2) is 10.2. The van der Waals surface area contributed by atoms with Gasteiger partial charge in [0.2, 0.25) is 0 Å². The number of halogens is 2. The normalized spacial score (nSPS) is 18.8. The van der Waals surface area contributed by atoms with Gasteiger partial charge in [-0.25, -0.2) is 8.78 Å². The van der Waals surface area contributed by atoms with Crippen LogP contribution < -0.4 is 4.74 Å². The fraction of sp³-hybridized carbons (Fsp3) is 0.400. The molecule has 0 heterocycles.